The lowest BCUT2D eigenvalue weighted by atomic mass is 10.0. The molecule has 3 heteroatoms. The molecule has 3 nitrogen and oxygen atoms in total. The fraction of sp³-hybridized carbons (Fsp3) is 0.250. The van der Waals surface area contributed by atoms with Crippen molar-refractivity contribution >= 4 is 5.69 Å². The summed E-state index contributed by atoms with van der Waals surface area (Å²) in [5.41, 5.74) is 2.99. The predicted molar refractivity (Wildman–Crippen MR) is 77.9 cm³/mol. The van der Waals surface area contributed by atoms with Crippen molar-refractivity contribution < 1.29 is 9.84 Å². The molecule has 0 aliphatic heterocycles. The van der Waals surface area contributed by atoms with Crippen LogP contribution in [0.2, 0.25) is 0 Å². The van der Waals surface area contributed by atoms with Gasteiger partial charge in [0, 0.05) is 17.3 Å². The second-order valence-electron chi connectivity index (χ2n) is 4.66. The van der Waals surface area contributed by atoms with E-state index in [1.807, 2.05) is 50.2 Å². The molecular weight excluding hydrogens is 238 g/mol. The van der Waals surface area contributed by atoms with Crippen LogP contribution in [0.4, 0.5) is 5.69 Å². The Bertz CT molecular complexity index is 566. The Balaban J connectivity index is 2.20. The predicted octanol–water partition coefficient (Wildman–Crippen LogP) is 3.88. The first-order chi connectivity index (χ1) is 9.10. The fourth-order valence-electron chi connectivity index (χ4n) is 2.06. The molecule has 0 spiro atoms. The summed E-state index contributed by atoms with van der Waals surface area (Å²) in [5, 5.41) is 13.3. The second kappa shape index (κ2) is 5.65. The molecule has 0 saturated heterocycles. The van der Waals surface area contributed by atoms with E-state index in [9.17, 15) is 5.11 Å². The molecule has 0 aliphatic rings. The van der Waals surface area contributed by atoms with Gasteiger partial charge in [0.15, 0.2) is 0 Å². The van der Waals surface area contributed by atoms with Crippen LogP contribution in [-0.4, -0.2) is 12.2 Å². The first-order valence-electron chi connectivity index (χ1n) is 6.30. The van der Waals surface area contributed by atoms with Crippen molar-refractivity contribution in [2.45, 2.75) is 19.9 Å². The zero-order chi connectivity index (χ0) is 13.8. The van der Waals surface area contributed by atoms with Crippen LogP contribution >= 0.6 is 0 Å². The zero-order valence-electron chi connectivity index (χ0n) is 11.5. The molecule has 0 heterocycles. The van der Waals surface area contributed by atoms with Gasteiger partial charge in [0.05, 0.1) is 13.2 Å². The van der Waals surface area contributed by atoms with Gasteiger partial charge in [-0.15, -0.1) is 0 Å². The van der Waals surface area contributed by atoms with E-state index in [-0.39, 0.29) is 6.04 Å². The summed E-state index contributed by atoms with van der Waals surface area (Å²) >= 11 is 0. The van der Waals surface area contributed by atoms with Gasteiger partial charge < -0.3 is 15.2 Å². The van der Waals surface area contributed by atoms with Gasteiger partial charge >= 0.3 is 0 Å². The van der Waals surface area contributed by atoms with Gasteiger partial charge in [0.25, 0.3) is 0 Å². The summed E-state index contributed by atoms with van der Waals surface area (Å²) in [6, 6.07) is 13.4. The molecule has 1 atom stereocenters. The number of aromatic hydroxyl groups is 1. The van der Waals surface area contributed by atoms with Crippen LogP contribution < -0.4 is 10.1 Å². The average Bonchev–Trinajstić information content (AvgIpc) is 2.41. The Morgan fingerprint density at radius 2 is 1.95 bits per heavy atom. The van der Waals surface area contributed by atoms with Gasteiger partial charge in [0.1, 0.15) is 11.5 Å². The van der Waals surface area contributed by atoms with Gasteiger partial charge in [-0.1, -0.05) is 23.8 Å². The first kappa shape index (κ1) is 13.3. The quantitative estimate of drug-likeness (QED) is 0.873. The van der Waals surface area contributed by atoms with Crippen molar-refractivity contribution in [2.24, 2.45) is 0 Å². The maximum absolute atomic E-state index is 9.92. The number of ether oxygens (including phenoxy) is 1. The Morgan fingerprint density at radius 3 is 2.68 bits per heavy atom. The molecule has 2 N–H and O–H groups in total. The van der Waals surface area contributed by atoms with Crippen LogP contribution in [0, 0.1) is 6.92 Å². The number of nitrogens with one attached hydrogen (secondary N) is 1. The van der Waals surface area contributed by atoms with E-state index in [0.717, 1.165) is 22.6 Å². The first-order valence-corrected chi connectivity index (χ1v) is 6.30. The highest BCUT2D eigenvalue weighted by molar-refractivity contribution is 5.51. The second-order valence-corrected chi connectivity index (χ2v) is 4.66. The molecule has 0 saturated carbocycles. The minimum absolute atomic E-state index is 0.0204. The number of aryl methyl sites for hydroxylation is 1. The lowest BCUT2D eigenvalue weighted by molar-refractivity contribution is 0.415. The van der Waals surface area contributed by atoms with Crippen LogP contribution in [0.3, 0.4) is 0 Å². The fourth-order valence-corrected chi connectivity index (χ4v) is 2.06. The zero-order valence-corrected chi connectivity index (χ0v) is 11.5. The molecule has 19 heavy (non-hydrogen) atoms. The number of benzene rings is 2. The smallest absolute Gasteiger partial charge is 0.120 e. The van der Waals surface area contributed by atoms with Gasteiger partial charge in [-0.3, -0.25) is 0 Å². The molecule has 0 amide bonds. The largest absolute Gasteiger partial charge is 0.508 e. The number of rotatable bonds is 4. The Labute approximate surface area is 113 Å². The average molecular weight is 257 g/mol. The summed E-state index contributed by atoms with van der Waals surface area (Å²) in [7, 11) is 1.65. The number of methoxy groups -OCH3 is 1. The van der Waals surface area contributed by atoms with E-state index in [4.69, 9.17) is 4.74 Å². The standard InChI is InChI=1S/C16H19NO2/c1-11-7-8-16(18)15(9-11)12(2)17-13-5-4-6-14(10-13)19-3/h4-10,12,17-18H,1-3H3. The summed E-state index contributed by atoms with van der Waals surface area (Å²) < 4.78 is 5.20. The summed E-state index contributed by atoms with van der Waals surface area (Å²) in [4.78, 5) is 0. The SMILES string of the molecule is COc1cccc(NC(C)c2cc(C)ccc2O)c1. The minimum atomic E-state index is 0.0204. The van der Waals surface area contributed by atoms with Crippen LogP contribution in [0.5, 0.6) is 11.5 Å². The molecule has 2 aromatic rings. The maximum Gasteiger partial charge on any atom is 0.120 e. The Hall–Kier alpha value is -2.16. The van der Waals surface area contributed by atoms with Crippen molar-refractivity contribution in [1.29, 1.82) is 0 Å². The topological polar surface area (TPSA) is 41.5 Å². The molecular formula is C16H19NO2. The molecule has 100 valence electrons. The third-order valence-corrected chi connectivity index (χ3v) is 3.10. The monoisotopic (exact) mass is 257 g/mol. The highest BCUT2D eigenvalue weighted by Gasteiger charge is 2.10. The van der Waals surface area contributed by atoms with E-state index >= 15 is 0 Å². The van der Waals surface area contributed by atoms with Crippen LogP contribution in [0.25, 0.3) is 0 Å². The molecule has 0 fully saturated rings. The van der Waals surface area contributed by atoms with E-state index in [0.29, 0.717) is 5.75 Å². The maximum atomic E-state index is 9.92. The highest BCUT2D eigenvalue weighted by Crippen LogP contribution is 2.28. The highest BCUT2D eigenvalue weighted by atomic mass is 16.5. The van der Waals surface area contributed by atoms with Crippen molar-refractivity contribution in [3.05, 3.63) is 53.6 Å². The molecule has 0 aromatic heterocycles. The van der Waals surface area contributed by atoms with Gasteiger partial charge in [-0.2, -0.15) is 0 Å². The van der Waals surface area contributed by atoms with Gasteiger partial charge in [-0.25, -0.2) is 0 Å². The Kier molecular flexibility index (Phi) is 3.95. The van der Waals surface area contributed by atoms with Crippen molar-refractivity contribution in [3.8, 4) is 11.5 Å². The lowest BCUT2D eigenvalue weighted by Crippen LogP contribution is -2.07. The van der Waals surface area contributed by atoms with E-state index in [1.165, 1.54) is 0 Å². The number of hydrogen-bond donors (Lipinski definition) is 2. The molecule has 0 radical (unpaired) electrons. The number of anilines is 1. The van der Waals surface area contributed by atoms with Crippen molar-refractivity contribution in [3.63, 3.8) is 0 Å². The third kappa shape index (κ3) is 3.19. The lowest BCUT2D eigenvalue weighted by Gasteiger charge is -2.18. The number of phenols is 1. The summed E-state index contributed by atoms with van der Waals surface area (Å²) in [6.07, 6.45) is 0. The van der Waals surface area contributed by atoms with Crippen LogP contribution in [-0.2, 0) is 0 Å². The minimum Gasteiger partial charge on any atom is -0.508 e. The summed E-state index contributed by atoms with van der Waals surface area (Å²) in [6.45, 7) is 4.04. The third-order valence-electron chi connectivity index (χ3n) is 3.10. The van der Waals surface area contributed by atoms with Crippen LogP contribution in [0.1, 0.15) is 24.1 Å². The van der Waals surface area contributed by atoms with Crippen molar-refractivity contribution in [2.75, 3.05) is 12.4 Å². The number of hydrogen-bond acceptors (Lipinski definition) is 3. The van der Waals surface area contributed by atoms with Gasteiger partial charge in [0.2, 0.25) is 0 Å². The van der Waals surface area contributed by atoms with E-state index in [2.05, 4.69) is 5.32 Å². The molecule has 0 bridgehead atoms. The number of phenolic OH excluding ortho intramolecular Hbond substituents is 1. The molecule has 1 unspecified atom stereocenters. The van der Waals surface area contributed by atoms with Gasteiger partial charge in [-0.05, 0) is 32.0 Å². The van der Waals surface area contributed by atoms with E-state index < -0.39 is 0 Å². The van der Waals surface area contributed by atoms with Crippen LogP contribution in [0.15, 0.2) is 42.5 Å². The Morgan fingerprint density at radius 1 is 1.16 bits per heavy atom. The normalized spacial score (nSPS) is 11.9. The molecule has 2 rings (SSSR count). The molecule has 0 aliphatic carbocycles. The van der Waals surface area contributed by atoms with Crippen molar-refractivity contribution in [1.82, 2.24) is 0 Å². The van der Waals surface area contributed by atoms with E-state index in [1.54, 1.807) is 13.2 Å². The summed E-state index contributed by atoms with van der Waals surface area (Å²) in [5.74, 6) is 1.12. The molecule has 2 aromatic carbocycles.